The van der Waals surface area contributed by atoms with Crippen LogP contribution in [0.1, 0.15) is 42.0 Å². The lowest BCUT2D eigenvalue weighted by Crippen LogP contribution is -2.14. The summed E-state index contributed by atoms with van der Waals surface area (Å²) in [5, 5.41) is 2.77. The Morgan fingerprint density at radius 3 is 2.50 bits per heavy atom. The highest BCUT2D eigenvalue weighted by Crippen LogP contribution is 2.26. The molecule has 4 heteroatoms. The van der Waals surface area contributed by atoms with Crippen LogP contribution in [0.4, 0.5) is 10.5 Å². The number of aryl methyl sites for hydroxylation is 2. The molecule has 0 spiro atoms. The van der Waals surface area contributed by atoms with Crippen LogP contribution in [0.5, 0.6) is 5.75 Å². The molecular formula is C20H25NO3. The van der Waals surface area contributed by atoms with E-state index in [0.717, 1.165) is 28.1 Å². The number of benzene rings is 2. The van der Waals surface area contributed by atoms with Crippen molar-refractivity contribution in [3.8, 4) is 5.75 Å². The van der Waals surface area contributed by atoms with E-state index in [-0.39, 0.29) is 0 Å². The summed E-state index contributed by atoms with van der Waals surface area (Å²) in [6.07, 6.45) is -0.483. The highest BCUT2D eigenvalue weighted by molar-refractivity contribution is 5.85. The van der Waals surface area contributed by atoms with E-state index in [9.17, 15) is 4.79 Å². The van der Waals surface area contributed by atoms with Crippen molar-refractivity contribution >= 4 is 11.8 Å². The van der Waals surface area contributed by atoms with Gasteiger partial charge in [0.1, 0.15) is 12.4 Å². The Hall–Kier alpha value is -2.49. The summed E-state index contributed by atoms with van der Waals surface area (Å²) in [6.45, 7) is 8.69. The Bertz CT molecular complexity index is 723. The number of hydrogen-bond acceptors (Lipinski definition) is 3. The van der Waals surface area contributed by atoms with E-state index in [0.29, 0.717) is 12.5 Å². The van der Waals surface area contributed by atoms with Gasteiger partial charge in [-0.1, -0.05) is 43.7 Å². The number of methoxy groups -OCH3 is 1. The topological polar surface area (TPSA) is 47.6 Å². The van der Waals surface area contributed by atoms with Crippen molar-refractivity contribution in [2.75, 3.05) is 12.4 Å². The fourth-order valence-corrected chi connectivity index (χ4v) is 2.47. The van der Waals surface area contributed by atoms with E-state index in [1.54, 1.807) is 0 Å². The van der Waals surface area contributed by atoms with Crippen LogP contribution < -0.4 is 10.1 Å². The van der Waals surface area contributed by atoms with E-state index in [4.69, 9.17) is 9.47 Å². The van der Waals surface area contributed by atoms with Crippen LogP contribution in [-0.2, 0) is 11.3 Å². The number of carbonyl (C=O) groups is 1. The molecule has 0 unspecified atom stereocenters. The molecule has 0 radical (unpaired) electrons. The zero-order valence-corrected chi connectivity index (χ0v) is 15.0. The van der Waals surface area contributed by atoms with Crippen molar-refractivity contribution in [1.29, 1.82) is 0 Å². The van der Waals surface area contributed by atoms with E-state index in [2.05, 4.69) is 38.2 Å². The molecule has 0 saturated heterocycles. The van der Waals surface area contributed by atoms with Gasteiger partial charge in [-0.2, -0.15) is 0 Å². The summed E-state index contributed by atoms with van der Waals surface area (Å²) >= 11 is 0. The first-order valence-corrected chi connectivity index (χ1v) is 8.08. The lowest BCUT2D eigenvalue weighted by Gasteiger charge is -2.16. The Balaban J connectivity index is 2.22. The summed E-state index contributed by atoms with van der Waals surface area (Å²) < 4.78 is 10.7. The zero-order chi connectivity index (χ0) is 17.7. The van der Waals surface area contributed by atoms with E-state index >= 15 is 0 Å². The average molecular weight is 327 g/mol. The van der Waals surface area contributed by atoms with Crippen molar-refractivity contribution in [3.05, 3.63) is 58.7 Å². The van der Waals surface area contributed by atoms with Crippen molar-refractivity contribution in [3.63, 3.8) is 0 Å². The predicted molar refractivity (Wildman–Crippen MR) is 96.8 cm³/mol. The maximum atomic E-state index is 11.6. The van der Waals surface area contributed by atoms with E-state index < -0.39 is 6.09 Å². The molecule has 128 valence electrons. The molecule has 1 amide bonds. The molecule has 0 bridgehead atoms. The Morgan fingerprint density at radius 2 is 1.88 bits per heavy atom. The minimum atomic E-state index is -0.483. The summed E-state index contributed by atoms with van der Waals surface area (Å²) in [6, 6.07) is 12.1. The van der Waals surface area contributed by atoms with Crippen molar-refractivity contribution in [1.82, 2.24) is 0 Å². The third-order valence-electron chi connectivity index (χ3n) is 3.94. The largest absolute Gasteiger partial charge is 0.489 e. The Morgan fingerprint density at radius 1 is 1.12 bits per heavy atom. The molecule has 2 aromatic rings. The second-order valence-corrected chi connectivity index (χ2v) is 6.25. The average Bonchev–Trinajstić information content (AvgIpc) is 2.54. The molecule has 1 N–H and O–H groups in total. The summed E-state index contributed by atoms with van der Waals surface area (Å²) in [5.41, 5.74) is 5.07. The van der Waals surface area contributed by atoms with Gasteiger partial charge in [0.25, 0.3) is 0 Å². The van der Waals surface area contributed by atoms with Gasteiger partial charge in [-0.15, -0.1) is 0 Å². The molecule has 2 aromatic carbocycles. The van der Waals surface area contributed by atoms with Crippen molar-refractivity contribution in [2.45, 2.75) is 40.2 Å². The monoisotopic (exact) mass is 327 g/mol. The van der Waals surface area contributed by atoms with Gasteiger partial charge in [0, 0.05) is 5.56 Å². The first kappa shape index (κ1) is 17.9. The molecule has 0 aliphatic rings. The lowest BCUT2D eigenvalue weighted by atomic mass is 10.0. The number of anilines is 1. The van der Waals surface area contributed by atoms with Crippen LogP contribution in [0.3, 0.4) is 0 Å². The smallest absolute Gasteiger partial charge is 0.411 e. The van der Waals surface area contributed by atoms with Crippen LogP contribution in [0.2, 0.25) is 0 Å². The van der Waals surface area contributed by atoms with Gasteiger partial charge < -0.3 is 9.47 Å². The Kier molecular flexibility index (Phi) is 5.85. The first-order valence-electron chi connectivity index (χ1n) is 8.08. The number of ether oxygens (including phenoxy) is 2. The van der Waals surface area contributed by atoms with Gasteiger partial charge in [-0.3, -0.25) is 5.32 Å². The number of carbonyl (C=O) groups excluding carboxylic acids is 1. The molecule has 24 heavy (non-hydrogen) atoms. The molecule has 0 aliphatic carbocycles. The van der Waals surface area contributed by atoms with Crippen LogP contribution >= 0.6 is 0 Å². The van der Waals surface area contributed by atoms with Crippen LogP contribution in [0, 0.1) is 13.8 Å². The van der Waals surface area contributed by atoms with Gasteiger partial charge in [-0.05, 0) is 43.0 Å². The quantitative estimate of drug-likeness (QED) is 0.822. The minimum Gasteiger partial charge on any atom is -0.489 e. The molecule has 4 nitrogen and oxygen atoms in total. The van der Waals surface area contributed by atoms with Gasteiger partial charge >= 0.3 is 6.09 Å². The molecule has 0 heterocycles. The molecule has 0 saturated carbocycles. The molecule has 0 fully saturated rings. The number of amides is 1. The van der Waals surface area contributed by atoms with Crippen LogP contribution in [-0.4, -0.2) is 13.2 Å². The molecule has 0 aliphatic heterocycles. The van der Waals surface area contributed by atoms with Gasteiger partial charge in [0.2, 0.25) is 0 Å². The zero-order valence-electron chi connectivity index (χ0n) is 15.0. The molecular weight excluding hydrogens is 302 g/mol. The summed E-state index contributed by atoms with van der Waals surface area (Å²) in [4.78, 5) is 11.6. The van der Waals surface area contributed by atoms with Gasteiger partial charge in [0.05, 0.1) is 12.8 Å². The van der Waals surface area contributed by atoms with Crippen molar-refractivity contribution in [2.24, 2.45) is 0 Å². The van der Waals surface area contributed by atoms with Crippen LogP contribution in [0.25, 0.3) is 0 Å². The lowest BCUT2D eigenvalue weighted by molar-refractivity contribution is 0.187. The fraction of sp³-hybridized carbons (Fsp3) is 0.350. The summed E-state index contributed by atoms with van der Waals surface area (Å²) in [5.74, 6) is 1.22. The van der Waals surface area contributed by atoms with E-state index in [1.165, 1.54) is 12.7 Å². The highest BCUT2D eigenvalue weighted by atomic mass is 16.5. The first-order chi connectivity index (χ1) is 11.4. The second kappa shape index (κ2) is 7.86. The number of nitrogens with one attached hydrogen (secondary N) is 1. The number of hydrogen-bond donors (Lipinski definition) is 1. The highest BCUT2D eigenvalue weighted by Gasteiger charge is 2.11. The SMILES string of the molecule is COC(=O)Nc1cc(C(C)C)ccc1COc1ccc(C)cc1C. The van der Waals surface area contributed by atoms with Gasteiger partial charge in [0.15, 0.2) is 0 Å². The third-order valence-corrected chi connectivity index (χ3v) is 3.94. The maximum absolute atomic E-state index is 11.6. The maximum Gasteiger partial charge on any atom is 0.411 e. The van der Waals surface area contributed by atoms with Crippen molar-refractivity contribution < 1.29 is 14.3 Å². The third kappa shape index (κ3) is 4.51. The van der Waals surface area contributed by atoms with E-state index in [1.807, 2.05) is 31.2 Å². The minimum absolute atomic E-state index is 0.373. The predicted octanol–water partition coefficient (Wildman–Crippen LogP) is 5.18. The standard InChI is InChI=1S/C20H25NO3/c1-13(2)16-7-8-17(18(11-16)21-20(22)23-5)12-24-19-9-6-14(3)10-15(19)4/h6-11,13H,12H2,1-5H3,(H,21,22). The molecule has 0 aromatic heterocycles. The normalized spacial score (nSPS) is 10.6. The summed E-state index contributed by atoms with van der Waals surface area (Å²) in [7, 11) is 1.35. The van der Waals surface area contributed by atoms with Crippen LogP contribution in [0.15, 0.2) is 36.4 Å². The number of rotatable bonds is 5. The molecule has 2 rings (SSSR count). The molecule has 0 atom stereocenters. The van der Waals surface area contributed by atoms with Gasteiger partial charge in [-0.25, -0.2) is 4.79 Å². The fourth-order valence-electron chi connectivity index (χ4n) is 2.47. The Labute approximate surface area is 143 Å². The second-order valence-electron chi connectivity index (χ2n) is 6.25.